The second kappa shape index (κ2) is 6.37. The van der Waals surface area contributed by atoms with Gasteiger partial charge in [-0.25, -0.2) is 4.79 Å². The van der Waals surface area contributed by atoms with E-state index in [1.807, 2.05) is 6.07 Å². The van der Waals surface area contributed by atoms with Crippen molar-refractivity contribution >= 4 is 11.7 Å². The van der Waals surface area contributed by atoms with Crippen LogP contribution in [0.5, 0.6) is 11.5 Å². The summed E-state index contributed by atoms with van der Waals surface area (Å²) in [7, 11) is 1.25. The Kier molecular flexibility index (Phi) is 4.34. The molecular weight excluding hydrogens is 288 g/mol. The number of ether oxygens (including phenoxy) is 2. The van der Waals surface area contributed by atoms with Gasteiger partial charge in [-0.15, -0.1) is 0 Å². The van der Waals surface area contributed by atoms with Crippen molar-refractivity contribution in [3.63, 3.8) is 0 Å². The maximum absolute atomic E-state index is 11.5. The van der Waals surface area contributed by atoms with Crippen LogP contribution in [-0.2, 0) is 4.74 Å². The predicted molar refractivity (Wildman–Crippen MR) is 75.7 cm³/mol. The lowest BCUT2D eigenvalue weighted by atomic mass is 10.2. The van der Waals surface area contributed by atoms with Gasteiger partial charge in [0, 0.05) is 12.1 Å². The first-order valence-corrected chi connectivity index (χ1v) is 6.10. The Morgan fingerprint density at radius 2 is 2.05 bits per heavy atom. The number of methoxy groups -OCH3 is 1. The molecule has 0 radical (unpaired) electrons. The van der Waals surface area contributed by atoms with Gasteiger partial charge in [-0.05, 0) is 24.3 Å². The highest BCUT2D eigenvalue weighted by Crippen LogP contribution is 2.32. The highest BCUT2D eigenvalue weighted by Gasteiger charge is 2.17. The van der Waals surface area contributed by atoms with E-state index >= 15 is 0 Å². The lowest BCUT2D eigenvalue weighted by Crippen LogP contribution is -2.01. The molecule has 2 rings (SSSR count). The molecule has 0 amide bonds. The van der Waals surface area contributed by atoms with E-state index in [1.165, 1.54) is 43.5 Å². The van der Waals surface area contributed by atoms with Gasteiger partial charge in [0.25, 0.3) is 0 Å². The summed E-state index contributed by atoms with van der Waals surface area (Å²) in [6, 6.07) is 11.7. The van der Waals surface area contributed by atoms with Crippen molar-refractivity contribution in [1.29, 1.82) is 5.26 Å². The zero-order valence-electron chi connectivity index (χ0n) is 11.5. The van der Waals surface area contributed by atoms with Gasteiger partial charge in [0.05, 0.1) is 29.2 Å². The highest BCUT2D eigenvalue weighted by atomic mass is 16.6. The molecule has 110 valence electrons. The van der Waals surface area contributed by atoms with Crippen LogP contribution in [-0.4, -0.2) is 18.0 Å². The van der Waals surface area contributed by atoms with Crippen LogP contribution in [0, 0.1) is 21.4 Å². The Balaban J connectivity index is 2.40. The molecule has 0 N–H and O–H groups in total. The Bertz CT molecular complexity index is 780. The van der Waals surface area contributed by atoms with Crippen LogP contribution in [0.2, 0.25) is 0 Å². The Hall–Kier alpha value is -3.40. The van der Waals surface area contributed by atoms with Gasteiger partial charge < -0.3 is 9.47 Å². The van der Waals surface area contributed by atoms with Crippen molar-refractivity contribution in [1.82, 2.24) is 0 Å². The predicted octanol–water partition coefficient (Wildman–Crippen LogP) is 3.05. The quantitative estimate of drug-likeness (QED) is 0.488. The van der Waals surface area contributed by atoms with Crippen LogP contribution in [0.3, 0.4) is 0 Å². The number of nitrogens with zero attached hydrogens (tertiary/aromatic N) is 2. The molecule has 0 spiro atoms. The number of hydrogen-bond acceptors (Lipinski definition) is 6. The van der Waals surface area contributed by atoms with Crippen LogP contribution in [0.25, 0.3) is 0 Å². The van der Waals surface area contributed by atoms with Crippen molar-refractivity contribution in [3.05, 3.63) is 63.7 Å². The summed E-state index contributed by atoms with van der Waals surface area (Å²) >= 11 is 0. The first kappa shape index (κ1) is 15.0. The molecule has 2 aromatic rings. The van der Waals surface area contributed by atoms with Crippen molar-refractivity contribution in [2.45, 2.75) is 0 Å². The molecule has 2 aromatic carbocycles. The molecule has 0 heterocycles. The summed E-state index contributed by atoms with van der Waals surface area (Å²) in [5.74, 6) is -0.405. The molecule has 0 atom stereocenters. The summed E-state index contributed by atoms with van der Waals surface area (Å²) in [6.07, 6.45) is 0. The van der Waals surface area contributed by atoms with Crippen LogP contribution >= 0.6 is 0 Å². The van der Waals surface area contributed by atoms with Gasteiger partial charge in [-0.2, -0.15) is 5.26 Å². The molecule has 7 nitrogen and oxygen atoms in total. The van der Waals surface area contributed by atoms with Gasteiger partial charge in [0.15, 0.2) is 0 Å². The van der Waals surface area contributed by atoms with E-state index in [2.05, 4.69) is 4.74 Å². The van der Waals surface area contributed by atoms with Gasteiger partial charge in [-0.3, -0.25) is 10.1 Å². The fourth-order valence-electron chi connectivity index (χ4n) is 1.75. The third-order valence-electron chi connectivity index (χ3n) is 2.77. The molecule has 0 fully saturated rings. The Labute approximate surface area is 125 Å². The molecule has 0 aliphatic rings. The van der Waals surface area contributed by atoms with Crippen LogP contribution in [0.4, 0.5) is 5.69 Å². The molecular formula is C15H10N2O5. The third kappa shape index (κ3) is 3.19. The second-order valence-electron chi connectivity index (χ2n) is 4.17. The summed E-state index contributed by atoms with van der Waals surface area (Å²) in [5, 5.41) is 19.9. The minimum absolute atomic E-state index is 0.0777. The van der Waals surface area contributed by atoms with E-state index in [9.17, 15) is 14.9 Å². The summed E-state index contributed by atoms with van der Waals surface area (Å²) in [5.41, 5.74) is 0.200. The normalized spacial score (nSPS) is 9.64. The number of carbonyl (C=O) groups excluding carboxylic acids is 1. The maximum atomic E-state index is 11.5. The number of nitro benzene ring substituents is 1. The van der Waals surface area contributed by atoms with E-state index < -0.39 is 10.9 Å². The molecule has 0 aliphatic heterocycles. The van der Waals surface area contributed by atoms with Gasteiger partial charge in [-0.1, -0.05) is 6.07 Å². The molecule has 22 heavy (non-hydrogen) atoms. The minimum Gasteiger partial charge on any atom is -0.465 e. The average molecular weight is 298 g/mol. The van der Waals surface area contributed by atoms with E-state index in [0.717, 1.165) is 0 Å². The lowest BCUT2D eigenvalue weighted by molar-refractivity contribution is -0.385. The fraction of sp³-hybridized carbons (Fsp3) is 0.0667. The molecule has 7 heteroatoms. The van der Waals surface area contributed by atoms with Crippen LogP contribution in [0.15, 0.2) is 42.5 Å². The number of rotatable bonds is 4. The van der Waals surface area contributed by atoms with Crippen molar-refractivity contribution in [3.8, 4) is 17.6 Å². The lowest BCUT2D eigenvalue weighted by Gasteiger charge is -2.07. The van der Waals surface area contributed by atoms with E-state index in [4.69, 9.17) is 10.00 Å². The fourth-order valence-corrected chi connectivity index (χ4v) is 1.75. The van der Waals surface area contributed by atoms with Gasteiger partial charge in [0.1, 0.15) is 5.75 Å². The van der Waals surface area contributed by atoms with E-state index in [1.54, 1.807) is 6.07 Å². The standard InChI is InChI=1S/C15H10N2O5/c1-21-15(18)11-3-2-4-12(8-11)22-14-7-10(9-16)5-6-13(14)17(19)20/h2-8H,1H3. The monoisotopic (exact) mass is 298 g/mol. The number of nitriles is 1. The Morgan fingerprint density at radius 3 is 2.68 bits per heavy atom. The van der Waals surface area contributed by atoms with Crippen LogP contribution < -0.4 is 4.74 Å². The minimum atomic E-state index is -0.610. The summed E-state index contributed by atoms with van der Waals surface area (Å²) in [4.78, 5) is 21.9. The Morgan fingerprint density at radius 1 is 1.27 bits per heavy atom. The van der Waals surface area contributed by atoms with E-state index in [0.29, 0.717) is 0 Å². The zero-order chi connectivity index (χ0) is 16.1. The number of esters is 1. The number of benzene rings is 2. The average Bonchev–Trinajstić information content (AvgIpc) is 2.54. The first-order valence-electron chi connectivity index (χ1n) is 6.10. The van der Waals surface area contributed by atoms with Crippen molar-refractivity contribution < 1.29 is 19.2 Å². The molecule has 0 unspecified atom stereocenters. The van der Waals surface area contributed by atoms with Crippen molar-refractivity contribution in [2.24, 2.45) is 0 Å². The topological polar surface area (TPSA) is 102 Å². The van der Waals surface area contributed by atoms with Crippen LogP contribution in [0.1, 0.15) is 15.9 Å². The molecule has 0 saturated carbocycles. The number of carbonyl (C=O) groups is 1. The summed E-state index contributed by atoms with van der Waals surface area (Å²) < 4.78 is 10.0. The smallest absolute Gasteiger partial charge is 0.337 e. The third-order valence-corrected chi connectivity index (χ3v) is 2.77. The summed E-state index contributed by atoms with van der Waals surface area (Å²) in [6.45, 7) is 0. The van der Waals surface area contributed by atoms with E-state index in [-0.39, 0.29) is 28.3 Å². The number of hydrogen-bond donors (Lipinski definition) is 0. The SMILES string of the molecule is COC(=O)c1cccc(Oc2cc(C#N)ccc2[N+](=O)[O-])c1. The highest BCUT2D eigenvalue weighted by molar-refractivity contribution is 5.89. The largest absolute Gasteiger partial charge is 0.465 e. The maximum Gasteiger partial charge on any atom is 0.337 e. The second-order valence-corrected chi connectivity index (χ2v) is 4.17. The zero-order valence-corrected chi connectivity index (χ0v) is 11.5. The van der Waals surface area contributed by atoms with Crippen molar-refractivity contribution in [2.75, 3.05) is 7.11 Å². The number of nitro groups is 1. The molecule has 0 saturated heterocycles. The van der Waals surface area contributed by atoms with Gasteiger partial charge in [0.2, 0.25) is 5.75 Å². The molecule has 0 aliphatic carbocycles. The first-order chi connectivity index (χ1) is 10.5. The molecule has 0 bridgehead atoms. The van der Waals surface area contributed by atoms with Gasteiger partial charge >= 0.3 is 11.7 Å². The molecule has 0 aromatic heterocycles.